The lowest BCUT2D eigenvalue weighted by Crippen LogP contribution is -2.73. The molecule has 1 aliphatic rings. The van der Waals surface area contributed by atoms with Crippen LogP contribution in [0.4, 0.5) is 35.1 Å². The fourth-order valence-corrected chi connectivity index (χ4v) is 1.93. The van der Waals surface area contributed by atoms with Gasteiger partial charge in [-0.2, -0.15) is 40.0 Å². The summed E-state index contributed by atoms with van der Waals surface area (Å²) in [5.41, 5.74) is 0. The van der Waals surface area contributed by atoms with Crippen LogP contribution in [0.3, 0.4) is 0 Å². The van der Waals surface area contributed by atoms with E-state index in [2.05, 4.69) is 4.74 Å². The van der Waals surface area contributed by atoms with Gasteiger partial charge in [0.25, 0.3) is 0 Å². The molecule has 21 heavy (non-hydrogen) atoms. The quantitative estimate of drug-likeness (QED) is 0.399. The Morgan fingerprint density at radius 2 is 1.14 bits per heavy atom. The van der Waals surface area contributed by atoms with Crippen LogP contribution < -0.4 is 0 Å². The summed E-state index contributed by atoms with van der Waals surface area (Å²) in [4.78, 5) is -1.46. The molecular formula is C11H15F8NO. The molecule has 0 aliphatic carbocycles. The fraction of sp³-hybridized carbons (Fsp3) is 1.00. The Hall–Kier alpha value is -0.640. The van der Waals surface area contributed by atoms with E-state index in [9.17, 15) is 35.1 Å². The van der Waals surface area contributed by atoms with Gasteiger partial charge in [-0.05, 0) is 6.42 Å². The maximum absolute atomic E-state index is 13.3. The molecule has 1 fully saturated rings. The Balaban J connectivity index is 2.89. The number of unbranched alkanes of at least 4 members (excludes halogenated alkanes) is 4. The molecule has 1 heterocycles. The Bertz CT molecular complexity index is 334. The molecule has 0 radical (unpaired) electrons. The van der Waals surface area contributed by atoms with Gasteiger partial charge in [0.15, 0.2) is 0 Å². The van der Waals surface area contributed by atoms with Crippen molar-refractivity contribution in [2.75, 3.05) is 6.54 Å². The predicted molar refractivity (Wildman–Crippen MR) is 56.3 cm³/mol. The van der Waals surface area contributed by atoms with Gasteiger partial charge in [-0.1, -0.05) is 32.6 Å². The molecule has 2 nitrogen and oxygen atoms in total. The van der Waals surface area contributed by atoms with Gasteiger partial charge in [0.2, 0.25) is 0 Å². The van der Waals surface area contributed by atoms with Crippen molar-refractivity contribution in [1.82, 2.24) is 4.90 Å². The van der Waals surface area contributed by atoms with E-state index in [1.807, 2.05) is 6.92 Å². The summed E-state index contributed by atoms with van der Waals surface area (Å²) in [5.74, 6) is 0. The van der Waals surface area contributed by atoms with E-state index >= 15 is 0 Å². The minimum absolute atomic E-state index is 0.189. The smallest absolute Gasteiger partial charge is 0.243 e. The summed E-state index contributed by atoms with van der Waals surface area (Å²) < 4.78 is 107. The van der Waals surface area contributed by atoms with Crippen molar-refractivity contribution in [3.63, 3.8) is 0 Å². The second kappa shape index (κ2) is 5.86. The summed E-state index contributed by atoms with van der Waals surface area (Å²) in [6, 6.07) is -11.0. The molecule has 0 aromatic carbocycles. The predicted octanol–water partition coefficient (Wildman–Crippen LogP) is 4.66. The summed E-state index contributed by atoms with van der Waals surface area (Å²) in [5, 5.41) is 0. The van der Waals surface area contributed by atoms with Crippen molar-refractivity contribution in [2.24, 2.45) is 0 Å². The normalized spacial score (nSPS) is 26.7. The van der Waals surface area contributed by atoms with Crippen molar-refractivity contribution in [2.45, 2.75) is 63.3 Å². The van der Waals surface area contributed by atoms with Crippen LogP contribution in [-0.4, -0.2) is 35.8 Å². The standard InChI is InChI=1S/C11H15F8NO/c1-2-3-4-5-6-7-20-8(12,13)10(16,17)21-11(18,19)9(20,14)15/h2-7H2,1H3. The molecule has 10 heteroatoms. The zero-order valence-corrected chi connectivity index (χ0v) is 11.1. The lowest BCUT2D eigenvalue weighted by molar-refractivity contribution is -0.562. The van der Waals surface area contributed by atoms with Gasteiger partial charge in [-0.3, -0.25) is 0 Å². The minimum atomic E-state index is -5.71. The topological polar surface area (TPSA) is 12.5 Å². The third-order valence-electron chi connectivity index (χ3n) is 3.12. The first-order valence-corrected chi connectivity index (χ1v) is 6.39. The SMILES string of the molecule is CCCCCCCN1C(F)(F)C(F)(F)OC(F)(F)C1(F)F. The van der Waals surface area contributed by atoms with Crippen LogP contribution in [0.25, 0.3) is 0 Å². The molecule has 0 bridgehead atoms. The van der Waals surface area contributed by atoms with Crippen molar-refractivity contribution >= 4 is 0 Å². The number of halogens is 8. The second-order valence-corrected chi connectivity index (χ2v) is 4.78. The molecule has 0 aromatic heterocycles. The van der Waals surface area contributed by atoms with E-state index in [1.54, 1.807) is 0 Å². The third kappa shape index (κ3) is 3.25. The monoisotopic (exact) mass is 329 g/mol. The van der Waals surface area contributed by atoms with Gasteiger partial charge in [0, 0.05) is 6.54 Å². The number of nitrogens with zero attached hydrogens (tertiary/aromatic N) is 1. The average molecular weight is 329 g/mol. The molecule has 0 amide bonds. The highest BCUT2D eigenvalue weighted by atomic mass is 19.4. The van der Waals surface area contributed by atoms with E-state index in [-0.39, 0.29) is 12.8 Å². The summed E-state index contributed by atoms with van der Waals surface area (Å²) in [6.07, 6.45) is -9.58. The lowest BCUT2D eigenvalue weighted by Gasteiger charge is -2.47. The highest BCUT2D eigenvalue weighted by Crippen LogP contribution is 2.55. The maximum atomic E-state index is 13.3. The van der Waals surface area contributed by atoms with Crippen LogP contribution in [0.5, 0.6) is 0 Å². The highest BCUT2D eigenvalue weighted by Gasteiger charge is 2.82. The number of morpholine rings is 1. The van der Waals surface area contributed by atoms with Crippen LogP contribution in [0.2, 0.25) is 0 Å². The van der Waals surface area contributed by atoms with E-state index in [1.165, 1.54) is 0 Å². The first-order valence-electron chi connectivity index (χ1n) is 6.39. The van der Waals surface area contributed by atoms with Crippen LogP contribution in [0.15, 0.2) is 0 Å². The van der Waals surface area contributed by atoms with E-state index < -0.39 is 35.8 Å². The molecule has 0 saturated carbocycles. The molecule has 0 atom stereocenters. The van der Waals surface area contributed by atoms with E-state index in [0.717, 1.165) is 6.42 Å². The van der Waals surface area contributed by atoms with Crippen molar-refractivity contribution < 1.29 is 39.9 Å². The van der Waals surface area contributed by atoms with E-state index in [4.69, 9.17) is 0 Å². The van der Waals surface area contributed by atoms with Gasteiger partial charge >= 0.3 is 24.3 Å². The van der Waals surface area contributed by atoms with Gasteiger partial charge in [-0.25, -0.2) is 4.74 Å². The molecule has 0 spiro atoms. The Morgan fingerprint density at radius 1 is 0.714 bits per heavy atom. The van der Waals surface area contributed by atoms with Crippen LogP contribution in [0, 0.1) is 0 Å². The number of ether oxygens (including phenoxy) is 1. The van der Waals surface area contributed by atoms with Crippen LogP contribution in [0.1, 0.15) is 39.0 Å². The number of alkyl halides is 8. The van der Waals surface area contributed by atoms with Crippen molar-refractivity contribution in [3.8, 4) is 0 Å². The number of rotatable bonds is 6. The van der Waals surface area contributed by atoms with Gasteiger partial charge in [-0.15, -0.1) is 0 Å². The first-order chi connectivity index (χ1) is 9.40. The zero-order chi connectivity index (χ0) is 16.5. The molecular weight excluding hydrogens is 314 g/mol. The Kier molecular flexibility index (Phi) is 5.14. The fourth-order valence-electron chi connectivity index (χ4n) is 1.93. The van der Waals surface area contributed by atoms with Crippen LogP contribution in [-0.2, 0) is 4.74 Å². The van der Waals surface area contributed by atoms with Gasteiger partial charge < -0.3 is 0 Å². The Labute approximate surface area is 116 Å². The molecule has 1 aliphatic heterocycles. The maximum Gasteiger partial charge on any atom is 0.439 e. The molecule has 1 saturated heterocycles. The van der Waals surface area contributed by atoms with Gasteiger partial charge in [0.1, 0.15) is 0 Å². The summed E-state index contributed by atoms with van der Waals surface area (Å²) >= 11 is 0. The van der Waals surface area contributed by atoms with Gasteiger partial charge in [0.05, 0.1) is 0 Å². The van der Waals surface area contributed by atoms with Crippen molar-refractivity contribution in [1.29, 1.82) is 0 Å². The summed E-state index contributed by atoms with van der Waals surface area (Å²) in [6.45, 7) is 0.545. The lowest BCUT2D eigenvalue weighted by atomic mass is 10.1. The molecule has 126 valence electrons. The Morgan fingerprint density at radius 3 is 1.57 bits per heavy atom. The molecule has 1 rings (SSSR count). The summed E-state index contributed by atoms with van der Waals surface area (Å²) in [7, 11) is 0. The average Bonchev–Trinajstić information content (AvgIpc) is 2.29. The second-order valence-electron chi connectivity index (χ2n) is 4.78. The number of hydrogen-bond acceptors (Lipinski definition) is 2. The molecule has 0 unspecified atom stereocenters. The highest BCUT2D eigenvalue weighted by molar-refractivity contribution is 4.94. The largest absolute Gasteiger partial charge is 0.439 e. The third-order valence-corrected chi connectivity index (χ3v) is 3.12. The number of hydrogen-bond donors (Lipinski definition) is 0. The zero-order valence-electron chi connectivity index (χ0n) is 11.1. The van der Waals surface area contributed by atoms with Crippen LogP contribution >= 0.6 is 0 Å². The van der Waals surface area contributed by atoms with E-state index in [0.29, 0.717) is 12.8 Å². The molecule has 0 aromatic rings. The van der Waals surface area contributed by atoms with Crippen molar-refractivity contribution in [3.05, 3.63) is 0 Å². The molecule has 0 N–H and O–H groups in total. The minimum Gasteiger partial charge on any atom is -0.243 e. The first kappa shape index (κ1) is 18.4.